The summed E-state index contributed by atoms with van der Waals surface area (Å²) in [6, 6.07) is 9.59. The third-order valence-electron chi connectivity index (χ3n) is 2.76. The summed E-state index contributed by atoms with van der Waals surface area (Å²) in [7, 11) is 0. The third-order valence-corrected chi connectivity index (χ3v) is 2.95. The van der Waals surface area contributed by atoms with E-state index < -0.39 is 0 Å². The summed E-state index contributed by atoms with van der Waals surface area (Å²) in [5, 5.41) is 7.49. The second-order valence-electron chi connectivity index (χ2n) is 4.29. The molecular formula is C13H17N5S. The van der Waals surface area contributed by atoms with Crippen LogP contribution in [0.25, 0.3) is 0 Å². The minimum atomic E-state index is 0.202. The zero-order valence-corrected chi connectivity index (χ0v) is 11.4. The summed E-state index contributed by atoms with van der Waals surface area (Å²) in [5.41, 5.74) is 10.5. The number of thiocarbonyl (C=S) groups is 1. The Morgan fingerprint density at radius 1 is 1.16 bits per heavy atom. The van der Waals surface area contributed by atoms with Crippen LogP contribution in [0, 0.1) is 0 Å². The van der Waals surface area contributed by atoms with Gasteiger partial charge in [-0.05, 0) is 50.0 Å². The van der Waals surface area contributed by atoms with Crippen LogP contribution in [0.15, 0.2) is 40.4 Å². The number of guanidine groups is 1. The number of hydrogen-bond acceptors (Lipinski definition) is 2. The molecule has 0 saturated heterocycles. The number of aliphatic imine (C=N–C) groups is 1. The SMILES string of the molecule is NC(=NC(=S)Nc1ccccc1)NN=C1CCCC1. The van der Waals surface area contributed by atoms with Crippen LogP contribution in [0.2, 0.25) is 0 Å². The fourth-order valence-corrected chi connectivity index (χ4v) is 2.05. The lowest BCUT2D eigenvalue weighted by Crippen LogP contribution is -2.30. The van der Waals surface area contributed by atoms with Gasteiger partial charge in [-0.2, -0.15) is 10.1 Å². The van der Waals surface area contributed by atoms with E-state index in [1.807, 2.05) is 30.3 Å². The van der Waals surface area contributed by atoms with Crippen LogP contribution in [0.1, 0.15) is 25.7 Å². The van der Waals surface area contributed by atoms with Gasteiger partial charge in [0.05, 0.1) is 0 Å². The van der Waals surface area contributed by atoms with E-state index in [9.17, 15) is 0 Å². The molecule has 6 heteroatoms. The molecule has 4 N–H and O–H groups in total. The van der Waals surface area contributed by atoms with Gasteiger partial charge in [0.2, 0.25) is 11.1 Å². The van der Waals surface area contributed by atoms with Crippen molar-refractivity contribution < 1.29 is 0 Å². The van der Waals surface area contributed by atoms with E-state index in [1.165, 1.54) is 12.8 Å². The van der Waals surface area contributed by atoms with Crippen molar-refractivity contribution in [3.8, 4) is 0 Å². The van der Waals surface area contributed by atoms with Gasteiger partial charge in [0, 0.05) is 11.4 Å². The van der Waals surface area contributed by atoms with E-state index in [-0.39, 0.29) is 5.96 Å². The fraction of sp³-hybridized carbons (Fsp3) is 0.308. The van der Waals surface area contributed by atoms with Crippen LogP contribution in [0.3, 0.4) is 0 Å². The molecule has 100 valence electrons. The topological polar surface area (TPSA) is 74.8 Å². The number of para-hydroxylation sites is 1. The van der Waals surface area contributed by atoms with E-state index in [4.69, 9.17) is 18.0 Å². The lowest BCUT2D eigenvalue weighted by Gasteiger charge is -2.05. The van der Waals surface area contributed by atoms with Gasteiger partial charge in [-0.1, -0.05) is 18.2 Å². The van der Waals surface area contributed by atoms with E-state index in [0.717, 1.165) is 24.2 Å². The molecule has 5 nitrogen and oxygen atoms in total. The highest BCUT2D eigenvalue weighted by atomic mass is 32.1. The molecule has 0 amide bonds. The van der Waals surface area contributed by atoms with Crippen molar-refractivity contribution in [1.29, 1.82) is 0 Å². The molecule has 0 heterocycles. The van der Waals surface area contributed by atoms with Crippen molar-refractivity contribution >= 4 is 34.7 Å². The van der Waals surface area contributed by atoms with E-state index >= 15 is 0 Å². The van der Waals surface area contributed by atoms with Crippen LogP contribution >= 0.6 is 12.2 Å². The van der Waals surface area contributed by atoms with Crippen molar-refractivity contribution in [3.05, 3.63) is 30.3 Å². The second-order valence-corrected chi connectivity index (χ2v) is 4.68. The Balaban J connectivity index is 1.85. The van der Waals surface area contributed by atoms with Crippen LogP contribution in [-0.2, 0) is 0 Å². The van der Waals surface area contributed by atoms with Crippen LogP contribution in [0.4, 0.5) is 5.69 Å². The lowest BCUT2D eigenvalue weighted by molar-refractivity contribution is 0.886. The Morgan fingerprint density at radius 3 is 2.53 bits per heavy atom. The Kier molecular flexibility index (Phi) is 4.85. The molecule has 1 aliphatic carbocycles. The van der Waals surface area contributed by atoms with Crippen molar-refractivity contribution in [3.63, 3.8) is 0 Å². The highest BCUT2D eigenvalue weighted by Crippen LogP contribution is 2.13. The zero-order valence-electron chi connectivity index (χ0n) is 10.6. The molecule has 0 unspecified atom stereocenters. The van der Waals surface area contributed by atoms with Crippen molar-refractivity contribution in [1.82, 2.24) is 5.43 Å². The average molecular weight is 275 g/mol. The summed E-state index contributed by atoms with van der Waals surface area (Å²) < 4.78 is 0. The Labute approximate surface area is 118 Å². The van der Waals surface area contributed by atoms with Gasteiger partial charge in [0.15, 0.2) is 0 Å². The van der Waals surface area contributed by atoms with Gasteiger partial charge in [0.1, 0.15) is 0 Å². The highest BCUT2D eigenvalue weighted by Gasteiger charge is 2.07. The molecular weight excluding hydrogens is 258 g/mol. The number of hydrazone groups is 1. The Bertz CT molecular complexity index is 487. The number of rotatable bonds is 2. The molecule has 0 aliphatic heterocycles. The monoisotopic (exact) mass is 275 g/mol. The maximum Gasteiger partial charge on any atom is 0.216 e. The first-order chi connectivity index (χ1) is 9.24. The minimum absolute atomic E-state index is 0.202. The predicted molar refractivity (Wildman–Crippen MR) is 83.3 cm³/mol. The third kappa shape index (κ3) is 4.67. The number of anilines is 1. The van der Waals surface area contributed by atoms with Crippen LogP contribution in [0.5, 0.6) is 0 Å². The highest BCUT2D eigenvalue weighted by molar-refractivity contribution is 7.80. The van der Waals surface area contributed by atoms with E-state index in [2.05, 4.69) is 20.8 Å². The molecule has 1 aliphatic rings. The van der Waals surface area contributed by atoms with Gasteiger partial charge in [-0.15, -0.1) is 0 Å². The molecule has 19 heavy (non-hydrogen) atoms. The van der Waals surface area contributed by atoms with Crippen molar-refractivity contribution in [2.24, 2.45) is 15.8 Å². The zero-order chi connectivity index (χ0) is 13.5. The molecule has 1 saturated carbocycles. The quantitative estimate of drug-likeness (QED) is 0.335. The van der Waals surface area contributed by atoms with Gasteiger partial charge in [-0.25, -0.2) is 5.43 Å². The molecule has 0 radical (unpaired) electrons. The summed E-state index contributed by atoms with van der Waals surface area (Å²) in [6.07, 6.45) is 4.47. The molecule has 0 aromatic heterocycles. The first-order valence-corrected chi connectivity index (χ1v) is 6.66. The van der Waals surface area contributed by atoms with E-state index in [0.29, 0.717) is 5.11 Å². The summed E-state index contributed by atoms with van der Waals surface area (Å²) in [5.74, 6) is 0.202. The van der Waals surface area contributed by atoms with Crippen LogP contribution < -0.4 is 16.5 Å². The molecule has 2 rings (SSSR count). The minimum Gasteiger partial charge on any atom is -0.368 e. The number of hydrogen-bond donors (Lipinski definition) is 3. The first-order valence-electron chi connectivity index (χ1n) is 6.26. The Hall–Kier alpha value is -1.95. The maximum absolute atomic E-state index is 5.71. The first kappa shape index (κ1) is 13.5. The average Bonchev–Trinajstić information content (AvgIpc) is 2.90. The lowest BCUT2D eigenvalue weighted by atomic mass is 10.3. The molecule has 0 spiro atoms. The number of nitrogens with one attached hydrogen (secondary N) is 2. The van der Waals surface area contributed by atoms with Gasteiger partial charge >= 0.3 is 0 Å². The largest absolute Gasteiger partial charge is 0.368 e. The fourth-order valence-electron chi connectivity index (χ4n) is 1.84. The van der Waals surface area contributed by atoms with Crippen LogP contribution in [-0.4, -0.2) is 16.8 Å². The maximum atomic E-state index is 5.71. The smallest absolute Gasteiger partial charge is 0.216 e. The second kappa shape index (κ2) is 6.84. The normalized spacial score (nSPS) is 15.2. The molecule has 0 bridgehead atoms. The number of nitrogens with two attached hydrogens (primary N) is 1. The summed E-state index contributed by atoms with van der Waals surface area (Å²) in [4.78, 5) is 4.03. The summed E-state index contributed by atoms with van der Waals surface area (Å²) in [6.45, 7) is 0. The van der Waals surface area contributed by atoms with Crippen molar-refractivity contribution in [2.75, 3.05) is 5.32 Å². The molecule has 1 fully saturated rings. The molecule has 1 aromatic carbocycles. The molecule has 0 atom stereocenters. The van der Waals surface area contributed by atoms with E-state index in [1.54, 1.807) is 0 Å². The number of nitrogens with zero attached hydrogens (tertiary/aromatic N) is 2. The Morgan fingerprint density at radius 2 is 1.84 bits per heavy atom. The van der Waals surface area contributed by atoms with Gasteiger partial charge < -0.3 is 11.1 Å². The predicted octanol–water partition coefficient (Wildman–Crippen LogP) is 2.22. The standard InChI is InChI=1S/C13H17N5S/c14-12(18-17-11-8-4-5-9-11)16-13(19)15-10-6-2-1-3-7-10/h1-3,6-7H,4-5,8-9H2,(H4,14,15,16,18,19). The summed E-state index contributed by atoms with van der Waals surface area (Å²) >= 11 is 5.09. The van der Waals surface area contributed by atoms with Gasteiger partial charge in [-0.3, -0.25) is 0 Å². The molecule has 1 aromatic rings. The number of benzene rings is 1. The van der Waals surface area contributed by atoms with Crippen molar-refractivity contribution in [2.45, 2.75) is 25.7 Å². The van der Waals surface area contributed by atoms with Gasteiger partial charge in [0.25, 0.3) is 0 Å².